The van der Waals surface area contributed by atoms with Crippen LogP contribution in [0.4, 0.5) is 20.2 Å². The second-order valence-electron chi connectivity index (χ2n) is 4.71. The van der Waals surface area contributed by atoms with E-state index in [0.29, 0.717) is 11.4 Å². The zero-order valence-electron chi connectivity index (χ0n) is 11.6. The van der Waals surface area contributed by atoms with Gasteiger partial charge in [-0.3, -0.25) is 4.79 Å². The lowest BCUT2D eigenvalue weighted by Crippen LogP contribution is -2.25. The monoisotopic (exact) mass is 432 g/mol. The van der Waals surface area contributed by atoms with Crippen molar-refractivity contribution < 1.29 is 23.0 Å². The van der Waals surface area contributed by atoms with Crippen molar-refractivity contribution in [3.05, 3.63) is 46.0 Å². The van der Waals surface area contributed by atoms with Crippen LogP contribution in [0.1, 0.15) is 0 Å². The molecule has 23 heavy (non-hydrogen) atoms. The Bertz CT molecular complexity index is 755. The molecular formula is C15H11F2IN2O3. The van der Waals surface area contributed by atoms with E-state index in [1.807, 2.05) is 18.2 Å². The van der Waals surface area contributed by atoms with E-state index in [9.17, 15) is 13.6 Å². The van der Waals surface area contributed by atoms with Gasteiger partial charge in [-0.1, -0.05) is 12.1 Å². The number of hydrogen-bond donors (Lipinski definition) is 2. The molecule has 0 atom stereocenters. The first-order valence-electron chi connectivity index (χ1n) is 6.61. The lowest BCUT2D eigenvalue weighted by Gasteiger charge is -2.09. The molecule has 2 aromatic rings. The highest BCUT2D eigenvalue weighted by molar-refractivity contribution is 14.1. The average Bonchev–Trinajstić information content (AvgIpc) is 2.80. The van der Waals surface area contributed by atoms with E-state index in [-0.39, 0.29) is 24.0 Å². The van der Waals surface area contributed by atoms with Crippen LogP contribution in [0.3, 0.4) is 0 Å². The van der Waals surface area contributed by atoms with Gasteiger partial charge in [0, 0.05) is 15.3 Å². The molecule has 2 aromatic carbocycles. The lowest BCUT2D eigenvalue weighted by molar-refractivity contribution is -0.286. The predicted octanol–water partition coefficient (Wildman–Crippen LogP) is 3.66. The highest BCUT2D eigenvalue weighted by Crippen LogP contribution is 2.42. The van der Waals surface area contributed by atoms with E-state index in [2.05, 4.69) is 42.7 Å². The van der Waals surface area contributed by atoms with Crippen molar-refractivity contribution >= 4 is 39.9 Å². The molecule has 1 aliphatic rings. The van der Waals surface area contributed by atoms with Crippen molar-refractivity contribution in [3.63, 3.8) is 0 Å². The van der Waals surface area contributed by atoms with Crippen LogP contribution in [0.25, 0.3) is 0 Å². The molecule has 0 aliphatic carbocycles. The molecule has 1 heterocycles. The van der Waals surface area contributed by atoms with Crippen molar-refractivity contribution in [1.29, 1.82) is 0 Å². The maximum absolute atomic E-state index is 12.9. The van der Waals surface area contributed by atoms with Gasteiger partial charge >= 0.3 is 6.29 Å². The van der Waals surface area contributed by atoms with Crippen LogP contribution in [-0.4, -0.2) is 18.7 Å². The molecule has 8 heteroatoms. The minimum Gasteiger partial charge on any atom is -0.395 e. The summed E-state index contributed by atoms with van der Waals surface area (Å²) in [6, 6.07) is 11.6. The number of carbonyl (C=O) groups is 1. The predicted molar refractivity (Wildman–Crippen MR) is 88.9 cm³/mol. The average molecular weight is 432 g/mol. The number of anilines is 2. The fourth-order valence-electron chi connectivity index (χ4n) is 2.00. The van der Waals surface area contributed by atoms with E-state index >= 15 is 0 Å². The second kappa shape index (κ2) is 6.19. The minimum atomic E-state index is -3.65. The van der Waals surface area contributed by atoms with Gasteiger partial charge in [0.2, 0.25) is 5.91 Å². The number of para-hydroxylation sites is 1. The van der Waals surface area contributed by atoms with Gasteiger partial charge in [0.15, 0.2) is 11.5 Å². The lowest BCUT2D eigenvalue weighted by atomic mass is 10.2. The Kier molecular flexibility index (Phi) is 4.24. The van der Waals surface area contributed by atoms with Crippen LogP contribution < -0.4 is 20.1 Å². The van der Waals surface area contributed by atoms with Crippen LogP contribution in [0, 0.1) is 3.57 Å². The number of ether oxygens (including phenoxy) is 2. The number of hydrogen-bond acceptors (Lipinski definition) is 4. The van der Waals surface area contributed by atoms with E-state index in [1.165, 1.54) is 18.2 Å². The summed E-state index contributed by atoms with van der Waals surface area (Å²) in [4.78, 5) is 11.9. The van der Waals surface area contributed by atoms with Gasteiger partial charge < -0.3 is 20.1 Å². The quantitative estimate of drug-likeness (QED) is 0.725. The summed E-state index contributed by atoms with van der Waals surface area (Å²) in [5.74, 6) is -0.362. The maximum atomic E-state index is 12.9. The van der Waals surface area contributed by atoms with Crippen molar-refractivity contribution in [2.75, 3.05) is 17.2 Å². The molecule has 2 N–H and O–H groups in total. The van der Waals surface area contributed by atoms with Gasteiger partial charge in [0.05, 0.1) is 12.2 Å². The summed E-state index contributed by atoms with van der Waals surface area (Å²) in [5.41, 5.74) is 1.19. The first-order valence-corrected chi connectivity index (χ1v) is 7.69. The molecule has 0 saturated heterocycles. The van der Waals surface area contributed by atoms with E-state index in [0.717, 1.165) is 3.57 Å². The number of halogens is 3. The van der Waals surface area contributed by atoms with Crippen molar-refractivity contribution in [2.24, 2.45) is 0 Å². The molecule has 0 fully saturated rings. The Balaban J connectivity index is 1.59. The van der Waals surface area contributed by atoms with Gasteiger partial charge in [-0.05, 0) is 46.9 Å². The molecule has 0 bridgehead atoms. The Morgan fingerprint density at radius 1 is 1.13 bits per heavy atom. The standard InChI is InChI=1S/C15H11F2IN2O3/c16-15(17)22-12-6-5-9(7-13(12)23-15)19-8-14(21)20-11-4-2-1-3-10(11)18/h1-7,19H,8H2,(H,20,21). The summed E-state index contributed by atoms with van der Waals surface area (Å²) in [5, 5.41) is 5.61. The zero-order chi connectivity index (χ0) is 16.4. The van der Waals surface area contributed by atoms with Crippen LogP contribution in [0.5, 0.6) is 11.5 Å². The number of fused-ring (bicyclic) bond motifs is 1. The first kappa shape index (κ1) is 15.8. The molecule has 0 spiro atoms. The van der Waals surface area contributed by atoms with Gasteiger partial charge in [-0.25, -0.2) is 0 Å². The molecule has 0 radical (unpaired) electrons. The number of nitrogens with one attached hydrogen (secondary N) is 2. The third-order valence-corrected chi connectivity index (χ3v) is 3.94. The highest BCUT2D eigenvalue weighted by Gasteiger charge is 2.43. The summed E-state index contributed by atoms with van der Waals surface area (Å²) in [7, 11) is 0. The van der Waals surface area contributed by atoms with Crippen molar-refractivity contribution in [2.45, 2.75) is 6.29 Å². The number of alkyl halides is 2. The molecule has 0 unspecified atom stereocenters. The smallest absolute Gasteiger partial charge is 0.395 e. The largest absolute Gasteiger partial charge is 0.586 e. The Labute approximate surface area is 144 Å². The molecular weight excluding hydrogens is 421 g/mol. The number of benzene rings is 2. The van der Waals surface area contributed by atoms with E-state index in [4.69, 9.17) is 0 Å². The Morgan fingerprint density at radius 2 is 1.87 bits per heavy atom. The summed E-state index contributed by atoms with van der Waals surface area (Å²) < 4.78 is 35.4. The normalized spacial score (nSPS) is 14.4. The number of amides is 1. The third-order valence-electron chi connectivity index (χ3n) is 3.00. The van der Waals surface area contributed by atoms with Crippen LogP contribution in [-0.2, 0) is 4.79 Å². The second-order valence-corrected chi connectivity index (χ2v) is 5.87. The SMILES string of the molecule is O=C(CNc1ccc2c(c1)OC(F)(F)O2)Nc1ccccc1I. The summed E-state index contributed by atoms with van der Waals surface area (Å²) >= 11 is 2.12. The molecule has 120 valence electrons. The first-order chi connectivity index (χ1) is 10.9. The van der Waals surface area contributed by atoms with Gasteiger partial charge in [-0.2, -0.15) is 0 Å². The van der Waals surface area contributed by atoms with Crippen LogP contribution in [0.15, 0.2) is 42.5 Å². The fourth-order valence-corrected chi connectivity index (χ4v) is 2.52. The van der Waals surface area contributed by atoms with Gasteiger partial charge in [-0.15, -0.1) is 8.78 Å². The Hall–Kier alpha value is -2.10. The van der Waals surface area contributed by atoms with Crippen LogP contribution >= 0.6 is 22.6 Å². The maximum Gasteiger partial charge on any atom is 0.586 e. The summed E-state index contributed by atoms with van der Waals surface area (Å²) in [6.45, 7) is -0.0129. The molecule has 0 aromatic heterocycles. The van der Waals surface area contributed by atoms with Gasteiger partial charge in [0.1, 0.15) is 0 Å². The molecule has 1 amide bonds. The summed E-state index contributed by atoms with van der Waals surface area (Å²) in [6.07, 6.45) is -3.65. The van der Waals surface area contributed by atoms with Crippen molar-refractivity contribution in [1.82, 2.24) is 0 Å². The number of carbonyl (C=O) groups excluding carboxylic acids is 1. The topological polar surface area (TPSA) is 59.6 Å². The van der Waals surface area contributed by atoms with Gasteiger partial charge in [0.25, 0.3) is 0 Å². The highest BCUT2D eigenvalue weighted by atomic mass is 127. The van der Waals surface area contributed by atoms with E-state index in [1.54, 1.807) is 6.07 Å². The third kappa shape index (κ3) is 3.81. The zero-order valence-corrected chi connectivity index (χ0v) is 13.8. The van der Waals surface area contributed by atoms with E-state index < -0.39 is 6.29 Å². The molecule has 0 saturated carbocycles. The van der Waals surface area contributed by atoms with Crippen LogP contribution in [0.2, 0.25) is 0 Å². The molecule has 1 aliphatic heterocycles. The molecule has 5 nitrogen and oxygen atoms in total. The molecule has 3 rings (SSSR count). The Morgan fingerprint density at radius 3 is 2.65 bits per heavy atom. The minimum absolute atomic E-state index is 0.0129. The fraction of sp³-hybridized carbons (Fsp3) is 0.133. The van der Waals surface area contributed by atoms with Crippen molar-refractivity contribution in [3.8, 4) is 11.5 Å². The number of rotatable bonds is 4.